The summed E-state index contributed by atoms with van der Waals surface area (Å²) in [4.78, 5) is 0. The standard InChI is InChI=1S/C19H24N2S/c1-4-15-12-9-13-16(5-2)18(15)21-19(22)20-14(3)17-10-7-6-8-11-17/h6-14H,4-5H2,1-3H3,(H2,20,21,22)/t14-/m1/s1. The Kier molecular flexibility index (Phi) is 5.96. The minimum Gasteiger partial charge on any atom is -0.356 e. The highest BCUT2D eigenvalue weighted by molar-refractivity contribution is 7.80. The maximum Gasteiger partial charge on any atom is 0.171 e. The zero-order valence-corrected chi connectivity index (χ0v) is 14.3. The Bertz CT molecular complexity index is 600. The van der Waals surface area contributed by atoms with E-state index < -0.39 is 0 Å². The second kappa shape index (κ2) is 7.95. The SMILES string of the molecule is CCc1cccc(CC)c1NC(=S)N[C@H](C)c1ccccc1. The van der Waals surface area contributed by atoms with Gasteiger partial charge in [0.1, 0.15) is 0 Å². The topological polar surface area (TPSA) is 24.1 Å². The smallest absolute Gasteiger partial charge is 0.171 e. The minimum absolute atomic E-state index is 0.181. The van der Waals surface area contributed by atoms with Gasteiger partial charge >= 0.3 is 0 Å². The Labute approximate surface area is 139 Å². The monoisotopic (exact) mass is 312 g/mol. The van der Waals surface area contributed by atoms with Gasteiger partial charge in [0, 0.05) is 5.69 Å². The molecule has 2 N–H and O–H groups in total. The van der Waals surface area contributed by atoms with Crippen molar-refractivity contribution in [2.24, 2.45) is 0 Å². The molecule has 2 nitrogen and oxygen atoms in total. The van der Waals surface area contributed by atoms with Crippen molar-refractivity contribution in [3.63, 3.8) is 0 Å². The Morgan fingerprint density at radius 3 is 2.09 bits per heavy atom. The number of para-hydroxylation sites is 1. The van der Waals surface area contributed by atoms with Gasteiger partial charge in [-0.15, -0.1) is 0 Å². The van der Waals surface area contributed by atoms with E-state index in [0.29, 0.717) is 5.11 Å². The molecule has 0 unspecified atom stereocenters. The van der Waals surface area contributed by atoms with Gasteiger partial charge in [0.15, 0.2) is 5.11 Å². The van der Waals surface area contributed by atoms with Crippen LogP contribution in [0.15, 0.2) is 48.5 Å². The Hall–Kier alpha value is -1.87. The Morgan fingerprint density at radius 1 is 0.955 bits per heavy atom. The highest BCUT2D eigenvalue weighted by Crippen LogP contribution is 2.23. The average molecular weight is 312 g/mol. The van der Waals surface area contributed by atoms with E-state index in [1.54, 1.807) is 0 Å². The van der Waals surface area contributed by atoms with Gasteiger partial charge in [-0.25, -0.2) is 0 Å². The number of hydrogen-bond donors (Lipinski definition) is 2. The molecule has 0 fully saturated rings. The van der Waals surface area contributed by atoms with Gasteiger partial charge in [-0.2, -0.15) is 0 Å². The van der Waals surface area contributed by atoms with Crippen molar-refractivity contribution in [1.82, 2.24) is 5.32 Å². The lowest BCUT2D eigenvalue weighted by Crippen LogP contribution is -2.31. The van der Waals surface area contributed by atoms with Crippen LogP contribution in [0.3, 0.4) is 0 Å². The molecule has 2 aromatic rings. The van der Waals surface area contributed by atoms with Crippen LogP contribution in [0.2, 0.25) is 0 Å². The molecule has 0 saturated carbocycles. The maximum atomic E-state index is 5.51. The van der Waals surface area contributed by atoms with E-state index in [4.69, 9.17) is 12.2 Å². The Balaban J connectivity index is 2.09. The number of thiocarbonyl (C=S) groups is 1. The zero-order valence-electron chi connectivity index (χ0n) is 13.5. The van der Waals surface area contributed by atoms with E-state index in [0.717, 1.165) is 18.5 Å². The molecule has 0 spiro atoms. The van der Waals surface area contributed by atoms with Gasteiger partial charge in [0.05, 0.1) is 6.04 Å². The normalized spacial score (nSPS) is 11.8. The van der Waals surface area contributed by atoms with Crippen molar-refractivity contribution in [3.8, 4) is 0 Å². The fourth-order valence-corrected chi connectivity index (χ4v) is 2.85. The fourth-order valence-electron chi connectivity index (χ4n) is 2.57. The fraction of sp³-hybridized carbons (Fsp3) is 0.316. The zero-order chi connectivity index (χ0) is 15.9. The summed E-state index contributed by atoms with van der Waals surface area (Å²) in [7, 11) is 0. The molecule has 1 atom stereocenters. The van der Waals surface area contributed by atoms with Gasteiger partial charge < -0.3 is 10.6 Å². The summed E-state index contributed by atoms with van der Waals surface area (Å²) >= 11 is 5.51. The molecule has 0 amide bonds. The summed E-state index contributed by atoms with van der Waals surface area (Å²) in [6.07, 6.45) is 1.99. The molecule has 0 saturated heterocycles. The predicted octanol–water partition coefficient (Wildman–Crippen LogP) is 4.86. The molecule has 3 heteroatoms. The number of benzene rings is 2. The third-order valence-electron chi connectivity index (χ3n) is 3.88. The van der Waals surface area contributed by atoms with E-state index in [1.807, 2.05) is 18.2 Å². The van der Waals surface area contributed by atoms with Crippen LogP contribution >= 0.6 is 12.2 Å². The van der Waals surface area contributed by atoms with Gasteiger partial charge in [0.25, 0.3) is 0 Å². The van der Waals surface area contributed by atoms with Crippen molar-refractivity contribution >= 4 is 23.0 Å². The van der Waals surface area contributed by atoms with Crippen molar-refractivity contribution in [3.05, 3.63) is 65.2 Å². The van der Waals surface area contributed by atoms with Crippen LogP contribution in [-0.4, -0.2) is 5.11 Å². The molecule has 0 aliphatic rings. The molecule has 2 aromatic carbocycles. The molecule has 0 heterocycles. The third kappa shape index (κ3) is 4.08. The first kappa shape index (κ1) is 16.5. The van der Waals surface area contributed by atoms with Crippen molar-refractivity contribution < 1.29 is 0 Å². The van der Waals surface area contributed by atoms with Gasteiger partial charge in [-0.05, 0) is 48.7 Å². The number of hydrogen-bond acceptors (Lipinski definition) is 1. The number of rotatable bonds is 5. The minimum atomic E-state index is 0.181. The highest BCUT2D eigenvalue weighted by atomic mass is 32.1. The quantitative estimate of drug-likeness (QED) is 0.771. The summed E-state index contributed by atoms with van der Waals surface area (Å²) in [5.74, 6) is 0. The second-order valence-electron chi connectivity index (χ2n) is 5.39. The summed E-state index contributed by atoms with van der Waals surface area (Å²) in [5, 5.41) is 7.44. The van der Waals surface area contributed by atoms with E-state index in [1.165, 1.54) is 16.7 Å². The summed E-state index contributed by atoms with van der Waals surface area (Å²) < 4.78 is 0. The van der Waals surface area contributed by atoms with Crippen molar-refractivity contribution in [1.29, 1.82) is 0 Å². The largest absolute Gasteiger partial charge is 0.356 e. The van der Waals surface area contributed by atoms with E-state index in [-0.39, 0.29) is 6.04 Å². The molecular weight excluding hydrogens is 288 g/mol. The first-order valence-corrected chi connectivity index (χ1v) is 8.29. The summed E-state index contributed by atoms with van der Waals surface area (Å²) in [5.41, 5.74) is 4.99. The first-order valence-electron chi connectivity index (χ1n) is 7.88. The molecule has 0 aromatic heterocycles. The van der Waals surface area contributed by atoms with Crippen molar-refractivity contribution in [2.75, 3.05) is 5.32 Å². The molecule has 0 aliphatic carbocycles. The first-order chi connectivity index (χ1) is 10.7. The molecule has 0 radical (unpaired) electrons. The average Bonchev–Trinajstić information content (AvgIpc) is 2.55. The number of aryl methyl sites for hydroxylation is 2. The van der Waals surface area contributed by atoms with Gasteiger partial charge in [-0.3, -0.25) is 0 Å². The molecule has 0 bridgehead atoms. The highest BCUT2D eigenvalue weighted by Gasteiger charge is 2.10. The van der Waals surface area contributed by atoms with Crippen LogP contribution < -0.4 is 10.6 Å². The van der Waals surface area contributed by atoms with E-state index in [2.05, 4.69) is 61.7 Å². The van der Waals surface area contributed by atoms with E-state index in [9.17, 15) is 0 Å². The maximum absolute atomic E-state index is 5.51. The van der Waals surface area contributed by atoms with Crippen LogP contribution in [0.4, 0.5) is 5.69 Å². The molecule has 22 heavy (non-hydrogen) atoms. The third-order valence-corrected chi connectivity index (χ3v) is 4.10. The van der Waals surface area contributed by atoms with Crippen LogP contribution in [-0.2, 0) is 12.8 Å². The van der Waals surface area contributed by atoms with Crippen LogP contribution in [0.5, 0.6) is 0 Å². The number of nitrogens with one attached hydrogen (secondary N) is 2. The predicted molar refractivity (Wildman–Crippen MR) is 99.4 cm³/mol. The lowest BCUT2D eigenvalue weighted by atomic mass is 10.0. The molecule has 2 rings (SSSR count). The molecule has 116 valence electrons. The molecule has 0 aliphatic heterocycles. The summed E-state index contributed by atoms with van der Waals surface area (Å²) in [6, 6.07) is 17.0. The molecular formula is C19H24N2S. The van der Waals surface area contributed by atoms with Crippen LogP contribution in [0.25, 0.3) is 0 Å². The lowest BCUT2D eigenvalue weighted by Gasteiger charge is -2.20. The van der Waals surface area contributed by atoms with Crippen molar-refractivity contribution in [2.45, 2.75) is 39.7 Å². The number of anilines is 1. The lowest BCUT2D eigenvalue weighted by molar-refractivity contribution is 0.722. The Morgan fingerprint density at radius 2 is 1.55 bits per heavy atom. The van der Waals surface area contributed by atoms with Crippen LogP contribution in [0, 0.1) is 0 Å². The van der Waals surface area contributed by atoms with E-state index >= 15 is 0 Å². The van der Waals surface area contributed by atoms with Crippen LogP contribution in [0.1, 0.15) is 43.5 Å². The summed E-state index contributed by atoms with van der Waals surface area (Å²) in [6.45, 7) is 6.46. The second-order valence-corrected chi connectivity index (χ2v) is 5.80. The van der Waals surface area contributed by atoms with Gasteiger partial charge in [0.2, 0.25) is 0 Å². The van der Waals surface area contributed by atoms with Gasteiger partial charge in [-0.1, -0.05) is 62.4 Å².